The molecule has 1 heterocycles. The maximum atomic E-state index is 12.7. The highest BCUT2D eigenvalue weighted by molar-refractivity contribution is 5.55. The van der Waals surface area contributed by atoms with Crippen molar-refractivity contribution >= 4 is 5.69 Å². The summed E-state index contributed by atoms with van der Waals surface area (Å²) in [5.41, 5.74) is 1.85. The Kier molecular flexibility index (Phi) is 1.13. The molecule has 0 saturated heterocycles. The van der Waals surface area contributed by atoms with E-state index >= 15 is 0 Å². The molecule has 10 heavy (non-hydrogen) atoms. The summed E-state index contributed by atoms with van der Waals surface area (Å²) in [5.74, 6) is 0. The van der Waals surface area contributed by atoms with Gasteiger partial charge in [-0.2, -0.15) is 0 Å². The summed E-state index contributed by atoms with van der Waals surface area (Å²) in [7, 11) is 0. The second-order valence-corrected chi connectivity index (χ2v) is 2.46. The molecule has 1 aliphatic rings. The maximum Gasteiger partial charge on any atom is 0.0720 e. The summed E-state index contributed by atoms with van der Waals surface area (Å²) in [6, 6.07) is 7.58. The molecule has 0 amide bonds. The summed E-state index contributed by atoms with van der Waals surface area (Å²) < 4.78 is 12.7. The second kappa shape index (κ2) is 1.97. The van der Waals surface area contributed by atoms with Crippen LogP contribution in [0, 0.1) is 0 Å². The number of hydrogen-bond acceptors (Lipinski definition) is 1. The fraction of sp³-hybridized carbons (Fsp3) is 0.250. The van der Waals surface area contributed by atoms with Crippen LogP contribution in [0.5, 0.6) is 0 Å². The molecule has 1 aromatic carbocycles. The lowest BCUT2D eigenvalue weighted by Gasteiger charge is -2.03. The molecule has 0 bridgehead atoms. The standard InChI is InChI=1S/C8H8FN/c9-10-6-5-7-3-1-2-4-8(7)10/h1-4H,5-6H2. The predicted molar refractivity (Wildman–Crippen MR) is 38.6 cm³/mol. The Hall–Kier alpha value is -1.05. The lowest BCUT2D eigenvalue weighted by molar-refractivity contribution is 0.451. The van der Waals surface area contributed by atoms with E-state index in [1.807, 2.05) is 24.3 Å². The molecule has 1 nitrogen and oxygen atoms in total. The summed E-state index contributed by atoms with van der Waals surface area (Å²) in [6.07, 6.45) is 0.840. The molecule has 52 valence electrons. The molecule has 0 spiro atoms. The number of fused-ring (bicyclic) bond motifs is 1. The van der Waals surface area contributed by atoms with E-state index < -0.39 is 0 Å². The summed E-state index contributed by atoms with van der Waals surface area (Å²) >= 11 is 0. The molecule has 1 aromatic rings. The lowest BCUT2D eigenvalue weighted by atomic mass is 10.2. The van der Waals surface area contributed by atoms with E-state index in [9.17, 15) is 4.48 Å². The van der Waals surface area contributed by atoms with Gasteiger partial charge >= 0.3 is 0 Å². The zero-order valence-electron chi connectivity index (χ0n) is 5.55. The highest BCUT2D eigenvalue weighted by Crippen LogP contribution is 2.26. The quantitative estimate of drug-likeness (QED) is 0.494. The lowest BCUT2D eigenvalue weighted by Crippen LogP contribution is -2.05. The van der Waals surface area contributed by atoms with Crippen molar-refractivity contribution in [2.75, 3.05) is 11.7 Å². The summed E-state index contributed by atoms with van der Waals surface area (Å²) in [6.45, 7) is 0.513. The van der Waals surface area contributed by atoms with Gasteiger partial charge in [0.1, 0.15) is 0 Å². The first kappa shape index (κ1) is 5.71. The van der Waals surface area contributed by atoms with Crippen LogP contribution in [0.1, 0.15) is 5.56 Å². The van der Waals surface area contributed by atoms with Crippen molar-refractivity contribution in [2.45, 2.75) is 6.42 Å². The normalized spacial score (nSPS) is 15.5. The molecular formula is C8H8FN. The minimum atomic E-state index is 0.513. The fourth-order valence-electron chi connectivity index (χ4n) is 1.30. The Bertz CT molecular complexity index is 247. The van der Waals surface area contributed by atoms with Crippen molar-refractivity contribution in [1.82, 2.24) is 0 Å². The van der Waals surface area contributed by atoms with Gasteiger partial charge in [0.25, 0.3) is 0 Å². The third-order valence-corrected chi connectivity index (χ3v) is 1.83. The third kappa shape index (κ3) is 0.685. The van der Waals surface area contributed by atoms with Crippen LogP contribution in [0.15, 0.2) is 24.3 Å². The zero-order valence-corrected chi connectivity index (χ0v) is 5.55. The molecule has 1 aliphatic heterocycles. The number of para-hydroxylation sites is 1. The molecule has 0 aliphatic carbocycles. The van der Waals surface area contributed by atoms with Crippen LogP contribution in [0.4, 0.5) is 10.2 Å². The first-order chi connectivity index (χ1) is 4.88. The Balaban J connectivity index is 2.51. The van der Waals surface area contributed by atoms with E-state index in [1.165, 1.54) is 0 Å². The highest BCUT2D eigenvalue weighted by Gasteiger charge is 2.16. The average molecular weight is 137 g/mol. The topological polar surface area (TPSA) is 3.24 Å². The smallest absolute Gasteiger partial charge is 0.0720 e. The Labute approximate surface area is 59.0 Å². The molecule has 0 unspecified atom stereocenters. The molecule has 0 N–H and O–H groups in total. The van der Waals surface area contributed by atoms with Gasteiger partial charge in [-0.1, -0.05) is 22.7 Å². The van der Waals surface area contributed by atoms with E-state index in [-0.39, 0.29) is 0 Å². The zero-order chi connectivity index (χ0) is 6.97. The van der Waals surface area contributed by atoms with Crippen molar-refractivity contribution in [3.05, 3.63) is 29.8 Å². The average Bonchev–Trinajstić information content (AvgIpc) is 2.34. The fourth-order valence-corrected chi connectivity index (χ4v) is 1.30. The molecule has 0 atom stereocenters. The largest absolute Gasteiger partial charge is 0.211 e. The third-order valence-electron chi connectivity index (χ3n) is 1.83. The van der Waals surface area contributed by atoms with Crippen molar-refractivity contribution < 1.29 is 4.48 Å². The van der Waals surface area contributed by atoms with Crippen LogP contribution in [-0.2, 0) is 6.42 Å². The van der Waals surface area contributed by atoms with Crippen LogP contribution in [0.2, 0.25) is 0 Å². The number of halogens is 1. The van der Waals surface area contributed by atoms with Gasteiger partial charge in [-0.15, -0.1) is 0 Å². The highest BCUT2D eigenvalue weighted by atomic mass is 19.2. The van der Waals surface area contributed by atoms with E-state index in [4.69, 9.17) is 0 Å². The minimum Gasteiger partial charge on any atom is -0.211 e. The molecule has 0 radical (unpaired) electrons. The van der Waals surface area contributed by atoms with Gasteiger partial charge < -0.3 is 0 Å². The van der Waals surface area contributed by atoms with Crippen molar-refractivity contribution in [2.24, 2.45) is 0 Å². The number of nitrogens with zero attached hydrogens (tertiary/aromatic N) is 1. The van der Waals surface area contributed by atoms with Crippen LogP contribution >= 0.6 is 0 Å². The first-order valence-corrected chi connectivity index (χ1v) is 3.39. The van der Waals surface area contributed by atoms with Crippen LogP contribution in [0.3, 0.4) is 0 Å². The Morgan fingerprint density at radius 3 is 2.90 bits per heavy atom. The molecular weight excluding hydrogens is 129 g/mol. The van der Waals surface area contributed by atoms with Gasteiger partial charge in [0.2, 0.25) is 0 Å². The molecule has 0 fully saturated rings. The van der Waals surface area contributed by atoms with Crippen LogP contribution < -0.4 is 5.12 Å². The van der Waals surface area contributed by atoms with E-state index in [1.54, 1.807) is 0 Å². The van der Waals surface area contributed by atoms with Crippen molar-refractivity contribution in [3.8, 4) is 0 Å². The van der Waals surface area contributed by atoms with E-state index in [0.717, 1.165) is 22.8 Å². The molecule has 0 saturated carbocycles. The SMILES string of the molecule is FN1CCc2ccccc21. The van der Waals surface area contributed by atoms with Crippen molar-refractivity contribution in [3.63, 3.8) is 0 Å². The molecule has 2 heteroatoms. The number of benzene rings is 1. The molecule has 2 rings (SSSR count). The summed E-state index contributed by atoms with van der Waals surface area (Å²) in [4.78, 5) is 0. The van der Waals surface area contributed by atoms with E-state index in [2.05, 4.69) is 0 Å². The van der Waals surface area contributed by atoms with E-state index in [0.29, 0.717) is 6.54 Å². The first-order valence-electron chi connectivity index (χ1n) is 3.39. The minimum absolute atomic E-state index is 0.513. The number of rotatable bonds is 0. The van der Waals surface area contributed by atoms with Crippen LogP contribution in [0.25, 0.3) is 0 Å². The monoisotopic (exact) mass is 137 g/mol. The van der Waals surface area contributed by atoms with Gasteiger partial charge in [0.05, 0.1) is 12.2 Å². The van der Waals surface area contributed by atoms with Gasteiger partial charge in [-0.25, -0.2) is 5.12 Å². The Morgan fingerprint density at radius 1 is 1.30 bits per heavy atom. The van der Waals surface area contributed by atoms with Gasteiger partial charge in [0.15, 0.2) is 0 Å². The summed E-state index contributed by atoms with van der Waals surface area (Å²) in [5, 5.41) is 0.801. The molecule has 0 aromatic heterocycles. The van der Waals surface area contributed by atoms with Gasteiger partial charge in [0, 0.05) is 0 Å². The Morgan fingerprint density at radius 2 is 2.10 bits per heavy atom. The van der Waals surface area contributed by atoms with Crippen molar-refractivity contribution in [1.29, 1.82) is 0 Å². The van der Waals surface area contributed by atoms with Crippen LogP contribution in [-0.4, -0.2) is 6.54 Å². The predicted octanol–water partition coefficient (Wildman–Crippen LogP) is 1.93. The second-order valence-electron chi connectivity index (χ2n) is 2.46. The maximum absolute atomic E-state index is 12.7. The number of hydrogen-bond donors (Lipinski definition) is 0. The van der Waals surface area contributed by atoms with Gasteiger partial charge in [-0.3, -0.25) is 0 Å². The van der Waals surface area contributed by atoms with Gasteiger partial charge in [-0.05, 0) is 18.1 Å². The number of anilines is 1.